The Morgan fingerprint density at radius 2 is 2.26 bits per heavy atom. The van der Waals surface area contributed by atoms with Gasteiger partial charge >= 0.3 is 11.9 Å². The van der Waals surface area contributed by atoms with Crippen LogP contribution in [-0.2, 0) is 23.9 Å². The van der Waals surface area contributed by atoms with E-state index in [9.17, 15) is 19.5 Å². The van der Waals surface area contributed by atoms with Crippen molar-refractivity contribution >= 4 is 17.7 Å². The Morgan fingerprint density at radius 1 is 1.53 bits per heavy atom. The molecule has 2 rings (SSSR count). The van der Waals surface area contributed by atoms with Gasteiger partial charge < -0.3 is 25.0 Å². The molecule has 1 unspecified atom stereocenters. The maximum atomic E-state index is 11.8. The molecule has 8 heteroatoms. The lowest BCUT2D eigenvalue weighted by Crippen LogP contribution is -2.44. The number of carbonyl (C=O) groups is 3. The van der Waals surface area contributed by atoms with Crippen LogP contribution in [0.2, 0.25) is 0 Å². The minimum absolute atomic E-state index is 0.518. The molecule has 0 amide bonds. The second-order valence-corrected chi connectivity index (χ2v) is 4.49. The summed E-state index contributed by atoms with van der Waals surface area (Å²) in [5.41, 5.74) is 0. The largest absolute Gasteiger partial charge is 0.449 e. The normalized spacial score (nSPS) is 32.2. The Morgan fingerprint density at radius 3 is 2.84 bits per heavy atom. The summed E-state index contributed by atoms with van der Waals surface area (Å²) in [5.74, 6) is -2.86. The molecule has 2 saturated heterocycles. The molecule has 106 valence electrons. The highest BCUT2D eigenvalue weighted by Gasteiger charge is 2.50. The number of ether oxygens (including phenoxy) is 2. The van der Waals surface area contributed by atoms with E-state index in [2.05, 4.69) is 10.1 Å². The number of hydrogen-bond donors (Lipinski definition) is 3. The lowest BCUT2D eigenvalue weighted by atomic mass is 10.1. The Bertz CT molecular complexity index is 391. The first-order valence-corrected chi connectivity index (χ1v) is 6.02. The molecule has 0 bridgehead atoms. The second kappa shape index (κ2) is 5.64. The van der Waals surface area contributed by atoms with Gasteiger partial charge in [0.05, 0.1) is 6.61 Å². The van der Waals surface area contributed by atoms with Crippen molar-refractivity contribution in [2.24, 2.45) is 0 Å². The van der Waals surface area contributed by atoms with E-state index in [1.54, 1.807) is 0 Å². The molecule has 3 N–H and O–H groups in total. The van der Waals surface area contributed by atoms with E-state index in [1.807, 2.05) is 0 Å². The predicted octanol–water partition coefficient (Wildman–Crippen LogP) is -2.50. The summed E-state index contributed by atoms with van der Waals surface area (Å²) in [6.07, 6.45) is -2.91. The molecule has 0 radical (unpaired) electrons. The molecule has 0 saturated carbocycles. The fourth-order valence-corrected chi connectivity index (χ4v) is 2.11. The van der Waals surface area contributed by atoms with Gasteiger partial charge in [0.15, 0.2) is 6.10 Å². The van der Waals surface area contributed by atoms with E-state index >= 15 is 0 Å². The van der Waals surface area contributed by atoms with Crippen LogP contribution in [0.5, 0.6) is 0 Å². The van der Waals surface area contributed by atoms with Gasteiger partial charge in [0.2, 0.25) is 6.10 Å². The van der Waals surface area contributed by atoms with E-state index in [1.165, 1.54) is 0 Å². The molecular weight excluding hydrogens is 258 g/mol. The average Bonchev–Trinajstić information content (AvgIpc) is 3.01. The summed E-state index contributed by atoms with van der Waals surface area (Å²) in [4.78, 5) is 34.4. The summed E-state index contributed by atoms with van der Waals surface area (Å²) in [6, 6.07) is -0.518. The molecule has 2 heterocycles. The molecule has 2 aliphatic heterocycles. The van der Waals surface area contributed by atoms with Gasteiger partial charge in [-0.2, -0.15) is 0 Å². The lowest BCUT2D eigenvalue weighted by molar-refractivity contribution is -0.162. The van der Waals surface area contributed by atoms with Gasteiger partial charge in [-0.1, -0.05) is 0 Å². The van der Waals surface area contributed by atoms with Crippen molar-refractivity contribution in [1.29, 1.82) is 0 Å². The third kappa shape index (κ3) is 2.75. The third-order valence-electron chi connectivity index (χ3n) is 3.16. The van der Waals surface area contributed by atoms with Crippen molar-refractivity contribution < 1.29 is 34.1 Å². The Balaban J connectivity index is 2.04. The number of aliphatic hydroxyl groups is 2. The first-order valence-electron chi connectivity index (χ1n) is 6.02. The number of carbonyl (C=O) groups excluding carboxylic acids is 3. The van der Waals surface area contributed by atoms with Gasteiger partial charge in [-0.25, -0.2) is 4.79 Å². The summed E-state index contributed by atoms with van der Waals surface area (Å²) in [6.45, 7) is -0.0303. The van der Waals surface area contributed by atoms with Crippen molar-refractivity contribution in [3.63, 3.8) is 0 Å². The van der Waals surface area contributed by atoms with Gasteiger partial charge in [-0.15, -0.1) is 0 Å². The zero-order chi connectivity index (χ0) is 14.0. The van der Waals surface area contributed by atoms with E-state index in [-0.39, 0.29) is 0 Å². The first kappa shape index (κ1) is 13.9. The number of aliphatic hydroxyl groups excluding tert-OH is 2. The zero-order valence-electron chi connectivity index (χ0n) is 10.1. The van der Waals surface area contributed by atoms with E-state index in [0.717, 1.165) is 6.42 Å². The minimum Gasteiger partial charge on any atom is -0.449 e. The number of hydrogen-bond acceptors (Lipinski definition) is 8. The predicted molar refractivity (Wildman–Crippen MR) is 58.9 cm³/mol. The smallest absolute Gasteiger partial charge is 0.379 e. The quantitative estimate of drug-likeness (QED) is 0.379. The fraction of sp³-hybridized carbons (Fsp3) is 0.727. The Kier molecular flexibility index (Phi) is 4.13. The topological polar surface area (TPSA) is 122 Å². The van der Waals surface area contributed by atoms with E-state index < -0.39 is 48.7 Å². The van der Waals surface area contributed by atoms with E-state index in [0.29, 0.717) is 13.0 Å². The van der Waals surface area contributed by atoms with Crippen LogP contribution in [0, 0.1) is 0 Å². The van der Waals surface area contributed by atoms with Gasteiger partial charge in [0.1, 0.15) is 12.1 Å². The number of cyclic esters (lactones) is 1. The summed E-state index contributed by atoms with van der Waals surface area (Å²) >= 11 is 0. The van der Waals surface area contributed by atoms with Gasteiger partial charge in [-0.05, 0) is 19.4 Å². The monoisotopic (exact) mass is 273 g/mol. The molecular formula is C11H15NO7. The maximum Gasteiger partial charge on any atom is 0.379 e. The highest BCUT2D eigenvalue weighted by molar-refractivity contribution is 6.37. The highest BCUT2D eigenvalue weighted by atomic mass is 16.6. The standard InChI is InChI=1S/C11H15NO7/c13-4-6(14)8-9(7(15)11(17)18-8)19-10(16)5-2-1-3-12-5/h5-6,8-9,12-14H,1-4H2/t5-,6-,8+,9?/m0/s1. The van der Waals surface area contributed by atoms with Crippen molar-refractivity contribution in [1.82, 2.24) is 5.32 Å². The molecule has 0 aromatic heterocycles. The Labute approximate surface area is 108 Å². The molecule has 19 heavy (non-hydrogen) atoms. The van der Waals surface area contributed by atoms with Crippen molar-refractivity contribution in [3.8, 4) is 0 Å². The van der Waals surface area contributed by atoms with E-state index in [4.69, 9.17) is 9.84 Å². The zero-order valence-corrected chi connectivity index (χ0v) is 10.1. The molecule has 0 spiro atoms. The molecule has 8 nitrogen and oxygen atoms in total. The molecule has 0 aliphatic carbocycles. The minimum atomic E-state index is -1.50. The maximum absolute atomic E-state index is 11.8. The molecule has 0 aromatic carbocycles. The number of Topliss-reactive ketones (excluding diaryl/α,β-unsaturated/α-hetero) is 1. The Hall–Kier alpha value is -1.51. The van der Waals surface area contributed by atoms with Crippen LogP contribution in [0.3, 0.4) is 0 Å². The number of ketones is 1. The number of nitrogens with one attached hydrogen (secondary N) is 1. The lowest BCUT2D eigenvalue weighted by Gasteiger charge is -2.21. The van der Waals surface area contributed by atoms with Crippen LogP contribution in [-0.4, -0.2) is 65.4 Å². The van der Waals surface area contributed by atoms with Crippen LogP contribution in [0.25, 0.3) is 0 Å². The second-order valence-electron chi connectivity index (χ2n) is 4.49. The van der Waals surface area contributed by atoms with Crippen molar-refractivity contribution in [3.05, 3.63) is 0 Å². The van der Waals surface area contributed by atoms with Gasteiger partial charge in [-0.3, -0.25) is 9.59 Å². The summed E-state index contributed by atoms with van der Waals surface area (Å²) in [5, 5.41) is 21.2. The number of rotatable bonds is 4. The SMILES string of the molecule is O=C1O[C@H]([C@@H](O)CO)C(OC(=O)[C@@H]2CCCN2)C1=O. The molecule has 0 aromatic rings. The van der Waals surface area contributed by atoms with Gasteiger partial charge in [0, 0.05) is 0 Å². The van der Waals surface area contributed by atoms with Crippen molar-refractivity contribution in [2.75, 3.05) is 13.2 Å². The fourth-order valence-electron chi connectivity index (χ4n) is 2.11. The van der Waals surface area contributed by atoms with Crippen LogP contribution in [0.15, 0.2) is 0 Å². The summed E-state index contributed by atoms with van der Waals surface area (Å²) < 4.78 is 9.55. The number of esters is 2. The van der Waals surface area contributed by atoms with Gasteiger partial charge in [0.25, 0.3) is 5.78 Å². The van der Waals surface area contributed by atoms with Crippen LogP contribution in [0.1, 0.15) is 12.8 Å². The van der Waals surface area contributed by atoms with Crippen LogP contribution >= 0.6 is 0 Å². The molecule has 2 fully saturated rings. The highest BCUT2D eigenvalue weighted by Crippen LogP contribution is 2.20. The van der Waals surface area contributed by atoms with Crippen LogP contribution < -0.4 is 5.32 Å². The van der Waals surface area contributed by atoms with Crippen LogP contribution in [0.4, 0.5) is 0 Å². The first-order chi connectivity index (χ1) is 9.04. The van der Waals surface area contributed by atoms with Crippen molar-refractivity contribution in [2.45, 2.75) is 37.2 Å². The molecule has 2 aliphatic rings. The molecule has 4 atom stereocenters. The average molecular weight is 273 g/mol. The third-order valence-corrected chi connectivity index (χ3v) is 3.16. The summed E-state index contributed by atoms with van der Waals surface area (Å²) in [7, 11) is 0.